The predicted octanol–water partition coefficient (Wildman–Crippen LogP) is 2.94. The first-order valence-corrected chi connectivity index (χ1v) is 5.96. The smallest absolute Gasteiger partial charge is 0.191 e. The maximum absolute atomic E-state index is 12.3. The molecule has 0 radical (unpaired) electrons. The van der Waals surface area contributed by atoms with Crippen LogP contribution in [0.25, 0.3) is 0 Å². The summed E-state index contributed by atoms with van der Waals surface area (Å²) in [6, 6.07) is 13.2. The summed E-state index contributed by atoms with van der Waals surface area (Å²) in [5.41, 5.74) is 1.53. The second kappa shape index (κ2) is 4.40. The minimum absolute atomic E-state index is 0.168. The number of Topliss-reactive ketones (excluding diaryl/α,β-unsaturated/α-hetero) is 1. The zero-order valence-corrected chi connectivity index (χ0v) is 10.4. The van der Waals surface area contributed by atoms with Gasteiger partial charge in [-0.15, -0.1) is 0 Å². The molecule has 0 saturated carbocycles. The first kappa shape index (κ1) is 11.7. The van der Waals surface area contributed by atoms with E-state index < -0.39 is 6.04 Å². The van der Waals surface area contributed by atoms with Crippen molar-refractivity contribution >= 4 is 11.5 Å². The molecule has 0 fully saturated rings. The summed E-state index contributed by atoms with van der Waals surface area (Å²) < 4.78 is 5.09. The molecule has 1 atom stereocenters. The molecule has 0 bridgehead atoms. The molecule has 0 spiro atoms. The third kappa shape index (κ3) is 1.77. The van der Waals surface area contributed by atoms with Gasteiger partial charge in [0.2, 0.25) is 0 Å². The Balaban J connectivity index is 2.07. The van der Waals surface area contributed by atoms with Crippen LogP contribution in [-0.4, -0.2) is 12.9 Å². The zero-order valence-electron chi connectivity index (χ0n) is 10.4. The van der Waals surface area contributed by atoms with E-state index in [4.69, 9.17) is 4.74 Å². The highest BCUT2D eigenvalue weighted by atomic mass is 16.5. The highest BCUT2D eigenvalue weighted by molar-refractivity contribution is 6.11. The van der Waals surface area contributed by atoms with Gasteiger partial charge in [0.1, 0.15) is 11.8 Å². The van der Waals surface area contributed by atoms with Gasteiger partial charge in [-0.05, 0) is 17.7 Å². The van der Waals surface area contributed by atoms with E-state index in [1.165, 1.54) is 7.11 Å². The molecule has 1 aliphatic heterocycles. The van der Waals surface area contributed by atoms with Gasteiger partial charge in [0.05, 0.1) is 7.11 Å². The SMILES string of the molecule is COc1ccc2c(c1)N([O-])C(c1ccccc1)C2=O. The highest BCUT2D eigenvalue weighted by Crippen LogP contribution is 2.41. The first-order chi connectivity index (χ1) is 9.22. The summed E-state index contributed by atoms with van der Waals surface area (Å²) in [5.74, 6) is 0.403. The van der Waals surface area contributed by atoms with Crippen molar-refractivity contribution in [2.75, 3.05) is 12.2 Å². The fourth-order valence-corrected chi connectivity index (χ4v) is 2.34. The third-order valence-electron chi connectivity index (χ3n) is 3.31. The molecule has 96 valence electrons. The van der Waals surface area contributed by atoms with Crippen molar-refractivity contribution in [3.63, 3.8) is 0 Å². The summed E-state index contributed by atoms with van der Waals surface area (Å²) >= 11 is 0. The van der Waals surface area contributed by atoms with Crippen LogP contribution in [0.15, 0.2) is 48.5 Å². The van der Waals surface area contributed by atoms with E-state index in [1.807, 2.05) is 18.2 Å². The van der Waals surface area contributed by atoms with E-state index in [0.717, 1.165) is 5.06 Å². The number of fused-ring (bicyclic) bond motifs is 1. The molecule has 3 rings (SSSR count). The molecule has 0 N–H and O–H groups in total. The van der Waals surface area contributed by atoms with Gasteiger partial charge in [0.15, 0.2) is 5.78 Å². The average molecular weight is 254 g/mol. The lowest BCUT2D eigenvalue weighted by molar-refractivity contribution is 0.0973. The number of carbonyl (C=O) groups is 1. The Kier molecular flexibility index (Phi) is 2.72. The Morgan fingerprint density at radius 2 is 1.89 bits per heavy atom. The molecule has 4 heteroatoms. The average Bonchev–Trinajstić information content (AvgIpc) is 2.71. The van der Waals surface area contributed by atoms with Crippen molar-refractivity contribution in [2.24, 2.45) is 0 Å². The maximum atomic E-state index is 12.3. The Hall–Kier alpha value is -2.33. The van der Waals surface area contributed by atoms with E-state index in [2.05, 4.69) is 0 Å². The van der Waals surface area contributed by atoms with Crippen LogP contribution in [0, 0.1) is 5.21 Å². The Morgan fingerprint density at radius 3 is 2.58 bits per heavy atom. The van der Waals surface area contributed by atoms with Crippen LogP contribution in [0.5, 0.6) is 5.75 Å². The molecule has 0 saturated heterocycles. The Labute approximate surface area is 110 Å². The largest absolute Gasteiger partial charge is 0.758 e. The van der Waals surface area contributed by atoms with Crippen molar-refractivity contribution < 1.29 is 9.53 Å². The van der Waals surface area contributed by atoms with Crippen molar-refractivity contribution in [1.29, 1.82) is 0 Å². The number of hydrogen-bond donors (Lipinski definition) is 0. The fraction of sp³-hybridized carbons (Fsp3) is 0.133. The van der Waals surface area contributed by atoms with Crippen molar-refractivity contribution in [3.05, 3.63) is 64.9 Å². The van der Waals surface area contributed by atoms with Gasteiger partial charge >= 0.3 is 0 Å². The van der Waals surface area contributed by atoms with Crippen LogP contribution >= 0.6 is 0 Å². The second-order valence-electron chi connectivity index (χ2n) is 4.39. The maximum Gasteiger partial charge on any atom is 0.191 e. The van der Waals surface area contributed by atoms with Crippen molar-refractivity contribution in [2.45, 2.75) is 6.04 Å². The monoisotopic (exact) mass is 254 g/mol. The molecule has 1 unspecified atom stereocenters. The van der Waals surface area contributed by atoms with E-state index in [-0.39, 0.29) is 5.78 Å². The number of hydroxylamine groups is 1. The lowest BCUT2D eigenvalue weighted by Gasteiger charge is -2.32. The first-order valence-electron chi connectivity index (χ1n) is 5.96. The van der Waals surface area contributed by atoms with Crippen molar-refractivity contribution in [1.82, 2.24) is 0 Å². The normalized spacial score (nSPS) is 17.5. The zero-order chi connectivity index (χ0) is 13.4. The summed E-state index contributed by atoms with van der Waals surface area (Å²) in [6.07, 6.45) is 0. The van der Waals surface area contributed by atoms with Gasteiger partial charge in [-0.3, -0.25) is 4.79 Å². The topological polar surface area (TPSA) is 52.6 Å². The van der Waals surface area contributed by atoms with Gasteiger partial charge in [0, 0.05) is 17.3 Å². The quantitative estimate of drug-likeness (QED) is 0.826. The van der Waals surface area contributed by atoms with Gasteiger partial charge in [-0.2, -0.15) is 0 Å². The van der Waals surface area contributed by atoms with Gasteiger partial charge in [0.25, 0.3) is 0 Å². The van der Waals surface area contributed by atoms with Crippen LogP contribution in [0.3, 0.4) is 0 Å². The van der Waals surface area contributed by atoms with Gasteiger partial charge in [-0.1, -0.05) is 30.3 Å². The van der Waals surface area contributed by atoms with Crippen LogP contribution < -0.4 is 9.80 Å². The molecular weight excluding hydrogens is 242 g/mol. The van der Waals surface area contributed by atoms with E-state index >= 15 is 0 Å². The minimum atomic E-state index is -0.789. The molecule has 1 aliphatic rings. The van der Waals surface area contributed by atoms with Gasteiger partial charge in [-0.25, -0.2) is 0 Å². The van der Waals surface area contributed by atoms with E-state index in [0.29, 0.717) is 22.6 Å². The number of ether oxygens (including phenoxy) is 1. The minimum Gasteiger partial charge on any atom is -0.758 e. The number of hydrogen-bond acceptors (Lipinski definition) is 4. The molecule has 2 aromatic carbocycles. The highest BCUT2D eigenvalue weighted by Gasteiger charge is 2.33. The number of benzene rings is 2. The standard InChI is InChI=1S/C15H12NO3/c1-19-11-7-8-12-13(9-11)16(18)14(15(12)17)10-5-3-2-4-6-10/h2-9,14H,1H3/q-1. The second-order valence-corrected chi connectivity index (χ2v) is 4.39. The molecule has 0 aliphatic carbocycles. The van der Waals surface area contributed by atoms with Crippen LogP contribution in [-0.2, 0) is 0 Å². The third-order valence-corrected chi connectivity index (χ3v) is 3.31. The summed E-state index contributed by atoms with van der Waals surface area (Å²) in [6.45, 7) is 0. The van der Waals surface area contributed by atoms with Crippen LogP contribution in [0.2, 0.25) is 0 Å². The number of nitrogens with zero attached hydrogens (tertiary/aromatic N) is 1. The molecule has 1 heterocycles. The molecule has 2 aromatic rings. The molecule has 0 amide bonds. The molecule has 0 aromatic heterocycles. The number of ketones is 1. The molecular formula is C15H12NO3-. The van der Waals surface area contributed by atoms with Gasteiger partial charge < -0.3 is 15.0 Å². The number of anilines is 1. The number of rotatable bonds is 2. The number of methoxy groups -OCH3 is 1. The lowest BCUT2D eigenvalue weighted by Crippen LogP contribution is -2.21. The van der Waals surface area contributed by atoms with Crippen molar-refractivity contribution in [3.8, 4) is 5.75 Å². The molecule has 4 nitrogen and oxygen atoms in total. The predicted molar refractivity (Wildman–Crippen MR) is 72.4 cm³/mol. The molecule has 19 heavy (non-hydrogen) atoms. The summed E-state index contributed by atoms with van der Waals surface area (Å²) in [4.78, 5) is 12.3. The Morgan fingerprint density at radius 1 is 1.16 bits per heavy atom. The fourth-order valence-electron chi connectivity index (χ4n) is 2.34. The summed E-state index contributed by atoms with van der Waals surface area (Å²) in [5, 5.41) is 13.1. The van der Waals surface area contributed by atoms with Crippen LogP contribution in [0.1, 0.15) is 22.0 Å². The Bertz CT molecular complexity index is 625. The van der Waals surface area contributed by atoms with Crippen LogP contribution in [0.4, 0.5) is 5.69 Å². The lowest BCUT2D eigenvalue weighted by atomic mass is 10.0. The van der Waals surface area contributed by atoms with E-state index in [9.17, 15) is 10.0 Å². The summed E-state index contributed by atoms with van der Waals surface area (Å²) in [7, 11) is 1.53. The number of carbonyl (C=O) groups excluding carboxylic acids is 1. The van der Waals surface area contributed by atoms with E-state index in [1.54, 1.807) is 30.3 Å².